The highest BCUT2D eigenvalue weighted by atomic mass is 32.2. The van der Waals surface area contributed by atoms with Crippen molar-refractivity contribution in [2.24, 2.45) is 0 Å². The molecule has 3 aromatic rings. The Morgan fingerprint density at radius 1 is 0.900 bits per heavy atom. The van der Waals surface area contributed by atoms with Crippen molar-refractivity contribution in [1.29, 1.82) is 0 Å². The highest BCUT2D eigenvalue weighted by molar-refractivity contribution is 7.92. The van der Waals surface area contributed by atoms with Crippen LogP contribution in [0.2, 0.25) is 0 Å². The van der Waals surface area contributed by atoms with Crippen molar-refractivity contribution in [1.82, 2.24) is 5.32 Å². The number of sulfonamides is 1. The van der Waals surface area contributed by atoms with Crippen LogP contribution in [0.1, 0.15) is 27.0 Å². The van der Waals surface area contributed by atoms with Crippen LogP contribution in [0, 0.1) is 25.7 Å². The van der Waals surface area contributed by atoms with Crippen LogP contribution in [0.4, 0.5) is 5.69 Å². The molecular formula is C24H22N2O3S. The molecule has 3 rings (SSSR count). The Kier molecular flexibility index (Phi) is 6.55. The largest absolute Gasteiger partial charge is 0.341 e. The van der Waals surface area contributed by atoms with E-state index in [0.717, 1.165) is 16.7 Å². The summed E-state index contributed by atoms with van der Waals surface area (Å²) in [7, 11) is -3.70. The van der Waals surface area contributed by atoms with E-state index in [1.807, 2.05) is 44.2 Å². The lowest BCUT2D eigenvalue weighted by Gasteiger charge is -2.10. The van der Waals surface area contributed by atoms with Gasteiger partial charge in [0.1, 0.15) is 0 Å². The molecule has 0 radical (unpaired) electrons. The summed E-state index contributed by atoms with van der Waals surface area (Å²) in [6, 6.07) is 20.7. The molecule has 0 fully saturated rings. The zero-order valence-electron chi connectivity index (χ0n) is 16.8. The minimum absolute atomic E-state index is 0.199. The summed E-state index contributed by atoms with van der Waals surface area (Å²) >= 11 is 0. The predicted octanol–water partition coefficient (Wildman–Crippen LogP) is 3.89. The molecular weight excluding hydrogens is 396 g/mol. The minimum atomic E-state index is -3.70. The number of hydrogen-bond acceptors (Lipinski definition) is 3. The lowest BCUT2D eigenvalue weighted by Crippen LogP contribution is -2.23. The number of carbonyl (C=O) groups is 1. The number of carbonyl (C=O) groups excluding carboxylic acids is 1. The molecule has 0 atom stereocenters. The Hall–Kier alpha value is -3.56. The molecule has 0 unspecified atom stereocenters. The number of nitrogens with one attached hydrogen (secondary N) is 2. The maximum Gasteiger partial charge on any atom is 0.261 e. The van der Waals surface area contributed by atoms with Crippen LogP contribution >= 0.6 is 0 Å². The van der Waals surface area contributed by atoms with E-state index in [0.29, 0.717) is 11.3 Å². The van der Waals surface area contributed by atoms with Gasteiger partial charge in [-0.1, -0.05) is 36.1 Å². The molecule has 0 aliphatic heterocycles. The van der Waals surface area contributed by atoms with Gasteiger partial charge >= 0.3 is 0 Å². The summed E-state index contributed by atoms with van der Waals surface area (Å²) in [6.07, 6.45) is 0. The van der Waals surface area contributed by atoms with E-state index < -0.39 is 10.0 Å². The van der Waals surface area contributed by atoms with Gasteiger partial charge in [-0.25, -0.2) is 8.42 Å². The van der Waals surface area contributed by atoms with E-state index in [9.17, 15) is 13.2 Å². The number of anilines is 1. The molecule has 0 heterocycles. The van der Waals surface area contributed by atoms with Crippen LogP contribution in [0.25, 0.3) is 0 Å². The van der Waals surface area contributed by atoms with Crippen LogP contribution in [-0.4, -0.2) is 20.9 Å². The molecule has 3 aromatic carbocycles. The highest BCUT2D eigenvalue weighted by Gasteiger charge is 2.15. The standard InChI is InChI=1S/C24H22N2O3S/c1-18-10-15-23(17-19(18)2)30(28,29)26-22-13-11-21(12-14-22)24(27)25-16-6-9-20-7-4-3-5-8-20/h3-5,7-8,10-15,17,26H,16H2,1-2H3,(H,25,27). The molecule has 0 saturated carbocycles. The average molecular weight is 419 g/mol. The number of benzene rings is 3. The summed E-state index contributed by atoms with van der Waals surface area (Å²) < 4.78 is 27.7. The summed E-state index contributed by atoms with van der Waals surface area (Å²) in [5.41, 5.74) is 3.62. The molecule has 5 nitrogen and oxygen atoms in total. The third-order valence-electron chi connectivity index (χ3n) is 4.53. The van der Waals surface area contributed by atoms with E-state index >= 15 is 0 Å². The third-order valence-corrected chi connectivity index (χ3v) is 5.91. The summed E-state index contributed by atoms with van der Waals surface area (Å²) in [6.45, 7) is 4.01. The normalized spacial score (nSPS) is 10.6. The topological polar surface area (TPSA) is 75.3 Å². The number of amides is 1. The lowest BCUT2D eigenvalue weighted by molar-refractivity contribution is 0.0958. The number of rotatable bonds is 5. The molecule has 0 saturated heterocycles. The fourth-order valence-corrected chi connectivity index (χ4v) is 3.82. The van der Waals surface area contributed by atoms with Gasteiger partial charge in [-0.3, -0.25) is 9.52 Å². The fourth-order valence-electron chi connectivity index (χ4n) is 2.68. The van der Waals surface area contributed by atoms with Gasteiger partial charge in [0.15, 0.2) is 0 Å². The van der Waals surface area contributed by atoms with E-state index in [1.165, 1.54) is 0 Å². The van der Waals surface area contributed by atoms with E-state index in [-0.39, 0.29) is 17.3 Å². The summed E-state index contributed by atoms with van der Waals surface area (Å²) in [5.74, 6) is 5.59. The monoisotopic (exact) mass is 418 g/mol. The van der Waals surface area contributed by atoms with Crippen LogP contribution < -0.4 is 10.0 Å². The SMILES string of the molecule is Cc1ccc(S(=O)(=O)Nc2ccc(C(=O)NCC#Cc3ccccc3)cc2)cc1C. The first-order valence-corrected chi connectivity index (χ1v) is 10.9. The first-order chi connectivity index (χ1) is 14.3. The molecule has 0 aromatic heterocycles. The van der Waals surface area contributed by atoms with E-state index in [2.05, 4.69) is 21.9 Å². The van der Waals surface area contributed by atoms with Gasteiger partial charge in [-0.15, -0.1) is 0 Å². The van der Waals surface area contributed by atoms with Crippen molar-refractivity contribution < 1.29 is 13.2 Å². The van der Waals surface area contributed by atoms with Gasteiger partial charge in [-0.05, 0) is 73.5 Å². The summed E-state index contributed by atoms with van der Waals surface area (Å²) in [4.78, 5) is 12.4. The highest BCUT2D eigenvalue weighted by Crippen LogP contribution is 2.19. The van der Waals surface area contributed by atoms with Gasteiger partial charge < -0.3 is 5.32 Å². The van der Waals surface area contributed by atoms with Gasteiger partial charge in [0.2, 0.25) is 0 Å². The van der Waals surface area contributed by atoms with Crippen molar-refractivity contribution in [2.45, 2.75) is 18.7 Å². The molecule has 0 bridgehead atoms. The smallest absolute Gasteiger partial charge is 0.261 e. The van der Waals surface area contributed by atoms with Crippen molar-refractivity contribution in [2.75, 3.05) is 11.3 Å². The van der Waals surface area contributed by atoms with Crippen LogP contribution in [0.15, 0.2) is 77.7 Å². The lowest BCUT2D eigenvalue weighted by atomic mass is 10.1. The Labute approximate surface area is 177 Å². The van der Waals surface area contributed by atoms with Crippen molar-refractivity contribution in [3.05, 3.63) is 95.1 Å². The second-order valence-corrected chi connectivity index (χ2v) is 8.46. The molecule has 0 aliphatic rings. The number of hydrogen-bond donors (Lipinski definition) is 2. The first-order valence-electron chi connectivity index (χ1n) is 9.37. The summed E-state index contributed by atoms with van der Waals surface area (Å²) in [5, 5.41) is 2.72. The predicted molar refractivity (Wildman–Crippen MR) is 119 cm³/mol. The van der Waals surface area contributed by atoms with E-state index in [4.69, 9.17) is 0 Å². The minimum Gasteiger partial charge on any atom is -0.341 e. The maximum absolute atomic E-state index is 12.6. The quantitative estimate of drug-likeness (QED) is 0.618. The average Bonchev–Trinajstić information content (AvgIpc) is 2.74. The second-order valence-electron chi connectivity index (χ2n) is 6.78. The maximum atomic E-state index is 12.6. The molecule has 0 aliphatic carbocycles. The van der Waals surface area contributed by atoms with Crippen LogP contribution in [0.5, 0.6) is 0 Å². The van der Waals surface area contributed by atoms with Gasteiger partial charge in [0.25, 0.3) is 15.9 Å². The molecule has 6 heteroatoms. The molecule has 152 valence electrons. The first kappa shape index (κ1) is 21.2. The Bertz CT molecular complexity index is 1210. The Balaban J connectivity index is 1.61. The van der Waals surface area contributed by atoms with Crippen LogP contribution in [-0.2, 0) is 10.0 Å². The second kappa shape index (κ2) is 9.29. The molecule has 0 spiro atoms. The van der Waals surface area contributed by atoms with Gasteiger partial charge in [0, 0.05) is 16.8 Å². The number of aryl methyl sites for hydroxylation is 2. The van der Waals surface area contributed by atoms with Crippen molar-refractivity contribution in [3.63, 3.8) is 0 Å². The fraction of sp³-hybridized carbons (Fsp3) is 0.125. The van der Waals surface area contributed by atoms with E-state index in [1.54, 1.807) is 42.5 Å². The van der Waals surface area contributed by atoms with Crippen molar-refractivity contribution in [3.8, 4) is 11.8 Å². The zero-order chi connectivity index (χ0) is 21.6. The zero-order valence-corrected chi connectivity index (χ0v) is 17.6. The molecule has 30 heavy (non-hydrogen) atoms. The van der Waals surface area contributed by atoms with Crippen LogP contribution in [0.3, 0.4) is 0 Å². The molecule has 2 N–H and O–H groups in total. The third kappa shape index (κ3) is 5.49. The molecule has 1 amide bonds. The van der Waals surface area contributed by atoms with Gasteiger partial charge in [-0.2, -0.15) is 0 Å². The van der Waals surface area contributed by atoms with Gasteiger partial charge in [0.05, 0.1) is 11.4 Å². The Morgan fingerprint density at radius 3 is 2.27 bits per heavy atom. The van der Waals surface area contributed by atoms with Crippen molar-refractivity contribution >= 4 is 21.6 Å². The Morgan fingerprint density at radius 2 is 1.60 bits per heavy atom.